The van der Waals surface area contributed by atoms with E-state index in [4.69, 9.17) is 0 Å². The fourth-order valence-electron chi connectivity index (χ4n) is 3.86. The van der Waals surface area contributed by atoms with E-state index in [-0.39, 0.29) is 31.4 Å². The van der Waals surface area contributed by atoms with Crippen molar-refractivity contribution in [1.29, 1.82) is 0 Å². The van der Waals surface area contributed by atoms with Crippen molar-refractivity contribution < 1.29 is 19.5 Å². The van der Waals surface area contributed by atoms with Gasteiger partial charge in [-0.2, -0.15) is 5.10 Å². The Hall–Kier alpha value is -2.45. The third-order valence-electron chi connectivity index (χ3n) is 5.14. The highest BCUT2D eigenvalue weighted by molar-refractivity contribution is 5.94. The van der Waals surface area contributed by atoms with Gasteiger partial charge in [-0.15, -0.1) is 0 Å². The molecule has 2 fully saturated rings. The number of likely N-dealkylation sites (tertiary alicyclic amines) is 2. The van der Waals surface area contributed by atoms with Crippen LogP contribution in [0.25, 0.3) is 0 Å². The number of carboxylic acids is 1. The zero-order valence-electron chi connectivity index (χ0n) is 14.3. The number of carbonyl (C=O) groups is 3. The van der Waals surface area contributed by atoms with Crippen LogP contribution >= 0.6 is 0 Å². The first-order chi connectivity index (χ1) is 12.0. The smallest absolute Gasteiger partial charge is 0.314 e. The van der Waals surface area contributed by atoms with Crippen LogP contribution < -0.4 is 0 Å². The molecule has 1 N–H and O–H groups in total. The molecule has 0 aliphatic carbocycles. The third kappa shape index (κ3) is 3.10. The van der Waals surface area contributed by atoms with Crippen LogP contribution in [-0.2, 0) is 20.9 Å². The molecule has 9 nitrogen and oxygen atoms in total. The molecule has 1 aromatic rings. The Labute approximate surface area is 145 Å². The van der Waals surface area contributed by atoms with E-state index in [1.54, 1.807) is 20.8 Å². The molecule has 2 amide bonds. The molecule has 25 heavy (non-hydrogen) atoms. The Morgan fingerprint density at radius 3 is 2.76 bits per heavy atom. The van der Waals surface area contributed by atoms with Crippen LogP contribution in [0.4, 0.5) is 0 Å². The van der Waals surface area contributed by atoms with Crippen LogP contribution in [0.2, 0.25) is 0 Å². The van der Waals surface area contributed by atoms with Gasteiger partial charge in [0.2, 0.25) is 11.8 Å². The van der Waals surface area contributed by atoms with Crippen molar-refractivity contribution in [1.82, 2.24) is 24.6 Å². The van der Waals surface area contributed by atoms with Crippen LogP contribution in [0.1, 0.15) is 26.2 Å². The van der Waals surface area contributed by atoms with Crippen molar-refractivity contribution in [3.05, 3.63) is 12.7 Å². The van der Waals surface area contributed by atoms with Gasteiger partial charge < -0.3 is 14.9 Å². The van der Waals surface area contributed by atoms with Crippen LogP contribution in [-0.4, -0.2) is 73.6 Å². The van der Waals surface area contributed by atoms with Gasteiger partial charge in [-0.1, -0.05) is 6.92 Å². The number of amides is 2. The van der Waals surface area contributed by atoms with Gasteiger partial charge in [0.15, 0.2) is 0 Å². The summed E-state index contributed by atoms with van der Waals surface area (Å²) in [6.07, 6.45) is 4.71. The average Bonchev–Trinajstić information content (AvgIpc) is 3.26. The van der Waals surface area contributed by atoms with E-state index >= 15 is 0 Å². The molecule has 2 atom stereocenters. The summed E-state index contributed by atoms with van der Waals surface area (Å²) in [7, 11) is 0. The molecule has 2 aliphatic rings. The van der Waals surface area contributed by atoms with E-state index < -0.39 is 17.3 Å². The van der Waals surface area contributed by atoms with E-state index in [2.05, 4.69) is 10.1 Å². The molecule has 3 heterocycles. The topological polar surface area (TPSA) is 109 Å². The molecule has 0 spiro atoms. The van der Waals surface area contributed by atoms with Gasteiger partial charge in [0, 0.05) is 39.1 Å². The molecule has 2 saturated heterocycles. The summed E-state index contributed by atoms with van der Waals surface area (Å²) >= 11 is 0. The largest absolute Gasteiger partial charge is 0.481 e. The second-order valence-corrected chi connectivity index (χ2v) is 6.81. The number of aliphatic carboxylic acids is 1. The number of rotatable bonds is 7. The first-order valence-electron chi connectivity index (χ1n) is 8.60. The predicted molar refractivity (Wildman–Crippen MR) is 86.3 cm³/mol. The Balaban J connectivity index is 1.62. The minimum absolute atomic E-state index is 0.106. The number of carboxylic acid groups (broad SMARTS) is 1. The fourth-order valence-corrected chi connectivity index (χ4v) is 3.86. The summed E-state index contributed by atoms with van der Waals surface area (Å²) in [5.74, 6) is -1.86. The van der Waals surface area contributed by atoms with Gasteiger partial charge in [0.25, 0.3) is 0 Å². The standard InChI is InChI=1S/C16H23N5O4/c1-2-5-19-8-16(15(24)25)9-20(7-12(16)14(19)23)13(22)4-3-6-21-11-17-10-18-21/h10-12H,2-9H2,1H3,(H,24,25)/t12-,16+/m0/s1. The van der Waals surface area contributed by atoms with Gasteiger partial charge in [-0.05, 0) is 12.8 Å². The maximum atomic E-state index is 12.5. The molecule has 0 unspecified atom stereocenters. The lowest BCUT2D eigenvalue weighted by Gasteiger charge is -2.25. The third-order valence-corrected chi connectivity index (χ3v) is 5.14. The molecule has 0 saturated carbocycles. The van der Waals surface area contributed by atoms with E-state index in [1.807, 2.05) is 6.92 Å². The van der Waals surface area contributed by atoms with Crippen LogP contribution in [0.15, 0.2) is 12.7 Å². The minimum Gasteiger partial charge on any atom is -0.481 e. The van der Waals surface area contributed by atoms with Crippen molar-refractivity contribution in [3.8, 4) is 0 Å². The summed E-state index contributed by atoms with van der Waals surface area (Å²) in [4.78, 5) is 43.9. The highest BCUT2D eigenvalue weighted by Crippen LogP contribution is 2.43. The molecule has 0 radical (unpaired) electrons. The molecule has 0 aromatic carbocycles. The molecular weight excluding hydrogens is 326 g/mol. The van der Waals surface area contributed by atoms with Crippen LogP contribution in [0.3, 0.4) is 0 Å². The zero-order chi connectivity index (χ0) is 18.0. The second kappa shape index (κ2) is 6.81. The van der Waals surface area contributed by atoms with Crippen molar-refractivity contribution >= 4 is 17.8 Å². The average molecular weight is 349 g/mol. The summed E-state index contributed by atoms with van der Waals surface area (Å²) in [6.45, 7) is 3.61. The number of aryl methyl sites for hydroxylation is 1. The minimum atomic E-state index is -1.16. The first-order valence-corrected chi connectivity index (χ1v) is 8.60. The summed E-state index contributed by atoms with van der Waals surface area (Å²) in [5, 5.41) is 13.7. The molecule has 0 bridgehead atoms. The van der Waals surface area contributed by atoms with E-state index in [9.17, 15) is 19.5 Å². The fraction of sp³-hybridized carbons (Fsp3) is 0.688. The van der Waals surface area contributed by atoms with Gasteiger partial charge in [-0.3, -0.25) is 19.1 Å². The lowest BCUT2D eigenvalue weighted by atomic mass is 9.81. The lowest BCUT2D eigenvalue weighted by molar-refractivity contribution is -0.150. The maximum Gasteiger partial charge on any atom is 0.314 e. The SMILES string of the molecule is CCCN1C[C@@]2(C(=O)O)CN(C(=O)CCCn3cncn3)C[C@H]2C1=O. The number of aromatic nitrogens is 3. The molecule has 2 aliphatic heterocycles. The summed E-state index contributed by atoms with van der Waals surface area (Å²) < 4.78 is 1.65. The van der Waals surface area contributed by atoms with E-state index in [1.165, 1.54) is 6.33 Å². The molecular formula is C16H23N5O4. The van der Waals surface area contributed by atoms with Gasteiger partial charge in [0.05, 0.1) is 5.92 Å². The number of hydrogen-bond acceptors (Lipinski definition) is 5. The quantitative estimate of drug-likeness (QED) is 0.733. The number of fused-ring (bicyclic) bond motifs is 1. The highest BCUT2D eigenvalue weighted by Gasteiger charge is 2.62. The Kier molecular flexibility index (Phi) is 4.73. The highest BCUT2D eigenvalue weighted by atomic mass is 16.4. The number of nitrogens with zero attached hydrogens (tertiary/aromatic N) is 5. The van der Waals surface area contributed by atoms with Gasteiger partial charge >= 0.3 is 5.97 Å². The van der Waals surface area contributed by atoms with Crippen molar-refractivity contribution in [2.24, 2.45) is 11.3 Å². The second-order valence-electron chi connectivity index (χ2n) is 6.81. The predicted octanol–water partition coefficient (Wildman–Crippen LogP) is -0.160. The summed E-state index contributed by atoms with van der Waals surface area (Å²) in [6, 6.07) is 0. The van der Waals surface area contributed by atoms with Crippen molar-refractivity contribution in [2.45, 2.75) is 32.7 Å². The Bertz CT molecular complexity index is 661. The van der Waals surface area contributed by atoms with Gasteiger partial charge in [-0.25, -0.2) is 4.98 Å². The molecule has 1 aromatic heterocycles. The normalized spacial score (nSPS) is 25.5. The van der Waals surface area contributed by atoms with Gasteiger partial charge in [0.1, 0.15) is 18.1 Å². The molecule has 3 rings (SSSR count). The van der Waals surface area contributed by atoms with Crippen LogP contribution in [0, 0.1) is 11.3 Å². The number of carbonyl (C=O) groups excluding carboxylic acids is 2. The summed E-state index contributed by atoms with van der Waals surface area (Å²) in [5.41, 5.74) is -1.16. The van der Waals surface area contributed by atoms with Crippen LogP contribution in [0.5, 0.6) is 0 Å². The Morgan fingerprint density at radius 1 is 1.36 bits per heavy atom. The first kappa shape index (κ1) is 17.4. The monoisotopic (exact) mass is 349 g/mol. The number of hydrogen-bond donors (Lipinski definition) is 1. The Morgan fingerprint density at radius 2 is 2.16 bits per heavy atom. The molecule has 136 valence electrons. The van der Waals surface area contributed by atoms with E-state index in [0.29, 0.717) is 25.9 Å². The van der Waals surface area contributed by atoms with Crippen molar-refractivity contribution in [2.75, 3.05) is 26.2 Å². The van der Waals surface area contributed by atoms with E-state index in [0.717, 1.165) is 6.42 Å². The molecule has 9 heteroatoms. The van der Waals surface area contributed by atoms with Crippen molar-refractivity contribution in [3.63, 3.8) is 0 Å². The zero-order valence-corrected chi connectivity index (χ0v) is 14.3. The maximum absolute atomic E-state index is 12.5. The lowest BCUT2D eigenvalue weighted by Crippen LogP contribution is -2.42.